The molecule has 0 unspecified atom stereocenters. The molecular weight excluding hydrogens is 232 g/mol. The fourth-order valence-electron chi connectivity index (χ4n) is 1.73. The zero-order valence-electron chi connectivity index (χ0n) is 11.1. The molecule has 98 valence electrons. The number of aryl methyl sites for hydroxylation is 1. The quantitative estimate of drug-likeness (QED) is 0.863. The third kappa shape index (κ3) is 2.21. The van der Waals surface area contributed by atoms with Crippen molar-refractivity contribution in [3.63, 3.8) is 0 Å². The summed E-state index contributed by atoms with van der Waals surface area (Å²) in [6, 6.07) is 1.88. The van der Waals surface area contributed by atoms with Crippen molar-refractivity contribution in [2.24, 2.45) is 7.05 Å². The molecule has 0 saturated heterocycles. The molecule has 0 amide bonds. The monoisotopic (exact) mass is 250 g/mol. The van der Waals surface area contributed by atoms with E-state index in [1.807, 2.05) is 27.0 Å². The number of nitrogens with two attached hydrogens (primary N) is 1. The van der Waals surface area contributed by atoms with Crippen LogP contribution < -0.4 is 5.73 Å². The minimum Gasteiger partial charge on any atom is -0.380 e. The predicted molar refractivity (Wildman–Crippen MR) is 67.7 cm³/mol. The number of hydrogen-bond acceptors (Lipinski definition) is 5. The van der Waals surface area contributed by atoms with Crippen LogP contribution in [-0.4, -0.2) is 37.5 Å². The molecule has 0 aliphatic carbocycles. The number of aromatic nitrogens is 5. The second-order valence-corrected chi connectivity index (χ2v) is 4.78. The van der Waals surface area contributed by atoms with Crippen molar-refractivity contribution in [2.75, 3.05) is 12.8 Å². The Morgan fingerprint density at radius 1 is 1.44 bits per heavy atom. The van der Waals surface area contributed by atoms with Crippen LogP contribution in [0.1, 0.15) is 13.8 Å². The molecule has 0 aliphatic rings. The van der Waals surface area contributed by atoms with Gasteiger partial charge < -0.3 is 10.5 Å². The molecule has 0 aromatic carbocycles. The Morgan fingerprint density at radius 3 is 2.72 bits per heavy atom. The van der Waals surface area contributed by atoms with Crippen LogP contribution in [0.15, 0.2) is 12.3 Å². The number of rotatable bonds is 4. The van der Waals surface area contributed by atoms with E-state index < -0.39 is 0 Å². The Hall–Kier alpha value is -1.89. The number of hydrogen-bond donors (Lipinski definition) is 1. The average Bonchev–Trinajstić information content (AvgIpc) is 2.86. The van der Waals surface area contributed by atoms with Gasteiger partial charge >= 0.3 is 0 Å². The summed E-state index contributed by atoms with van der Waals surface area (Å²) >= 11 is 0. The Labute approximate surface area is 106 Å². The molecule has 0 saturated carbocycles. The van der Waals surface area contributed by atoms with Crippen molar-refractivity contribution in [1.82, 2.24) is 24.8 Å². The number of ether oxygens (including phenoxy) is 1. The van der Waals surface area contributed by atoms with Crippen molar-refractivity contribution < 1.29 is 4.74 Å². The standard InChI is InChI=1S/C11H18N6O/c1-11(2,18-4)7-17-9(10(12)14-15-17)8-5-6-13-16(8)3/h5-6H,7,12H2,1-4H3. The van der Waals surface area contributed by atoms with Gasteiger partial charge in [-0.25, -0.2) is 4.68 Å². The Balaban J connectivity index is 2.43. The lowest BCUT2D eigenvalue weighted by atomic mass is 10.1. The summed E-state index contributed by atoms with van der Waals surface area (Å²) in [5, 5.41) is 12.1. The molecule has 0 spiro atoms. The number of nitrogen functional groups attached to an aromatic ring is 1. The molecule has 0 radical (unpaired) electrons. The van der Waals surface area contributed by atoms with E-state index in [0.717, 1.165) is 11.4 Å². The zero-order valence-corrected chi connectivity index (χ0v) is 11.1. The van der Waals surface area contributed by atoms with E-state index in [2.05, 4.69) is 15.4 Å². The van der Waals surface area contributed by atoms with Crippen molar-refractivity contribution in [1.29, 1.82) is 0 Å². The van der Waals surface area contributed by atoms with Gasteiger partial charge in [0, 0.05) is 20.4 Å². The highest BCUT2D eigenvalue weighted by Gasteiger charge is 2.23. The first-order chi connectivity index (χ1) is 8.44. The maximum absolute atomic E-state index is 5.89. The summed E-state index contributed by atoms with van der Waals surface area (Å²) in [6.07, 6.45) is 1.72. The van der Waals surface area contributed by atoms with Gasteiger partial charge in [0.15, 0.2) is 5.82 Å². The predicted octanol–water partition coefficient (Wildman–Crippen LogP) is 0.686. The highest BCUT2D eigenvalue weighted by molar-refractivity contribution is 5.66. The smallest absolute Gasteiger partial charge is 0.175 e. The fraction of sp³-hybridized carbons (Fsp3) is 0.545. The molecular formula is C11H18N6O. The van der Waals surface area contributed by atoms with Gasteiger partial charge in [-0.1, -0.05) is 5.21 Å². The lowest BCUT2D eigenvalue weighted by Gasteiger charge is -2.23. The summed E-state index contributed by atoms with van der Waals surface area (Å²) < 4.78 is 8.89. The summed E-state index contributed by atoms with van der Waals surface area (Å²) in [5.41, 5.74) is 7.19. The first kappa shape index (κ1) is 12.6. The zero-order chi connectivity index (χ0) is 13.3. The van der Waals surface area contributed by atoms with Gasteiger partial charge in [0.25, 0.3) is 0 Å². The maximum atomic E-state index is 5.89. The number of nitrogens with zero attached hydrogens (tertiary/aromatic N) is 5. The SMILES string of the molecule is COC(C)(C)Cn1nnc(N)c1-c1ccnn1C. The molecule has 2 aromatic rings. The fourth-order valence-corrected chi connectivity index (χ4v) is 1.73. The third-order valence-corrected chi connectivity index (χ3v) is 2.91. The Morgan fingerprint density at radius 2 is 2.17 bits per heavy atom. The Kier molecular flexibility index (Phi) is 3.08. The van der Waals surface area contributed by atoms with E-state index in [9.17, 15) is 0 Å². The van der Waals surface area contributed by atoms with Crippen LogP contribution in [0.25, 0.3) is 11.4 Å². The molecule has 2 heterocycles. The first-order valence-electron chi connectivity index (χ1n) is 5.67. The number of methoxy groups -OCH3 is 1. The van der Waals surface area contributed by atoms with Crippen molar-refractivity contribution in [3.05, 3.63) is 12.3 Å². The summed E-state index contributed by atoms with van der Waals surface area (Å²) in [6.45, 7) is 4.53. The van der Waals surface area contributed by atoms with Crippen LogP contribution >= 0.6 is 0 Å². The van der Waals surface area contributed by atoms with E-state index in [0.29, 0.717) is 12.4 Å². The van der Waals surface area contributed by atoms with Gasteiger partial charge in [-0.3, -0.25) is 4.68 Å². The highest BCUT2D eigenvalue weighted by Crippen LogP contribution is 2.24. The second kappa shape index (κ2) is 4.41. The van der Waals surface area contributed by atoms with Gasteiger partial charge in [0.2, 0.25) is 0 Å². The van der Waals surface area contributed by atoms with Crippen molar-refractivity contribution >= 4 is 5.82 Å². The molecule has 2 N–H and O–H groups in total. The van der Waals surface area contributed by atoms with E-state index in [4.69, 9.17) is 10.5 Å². The number of anilines is 1. The molecule has 0 atom stereocenters. The molecule has 0 aliphatic heterocycles. The summed E-state index contributed by atoms with van der Waals surface area (Å²) in [5.74, 6) is 0.394. The van der Waals surface area contributed by atoms with Crippen LogP contribution in [0.2, 0.25) is 0 Å². The normalized spacial score (nSPS) is 12.0. The van der Waals surface area contributed by atoms with Crippen molar-refractivity contribution in [2.45, 2.75) is 26.0 Å². The molecule has 2 rings (SSSR count). The van der Waals surface area contributed by atoms with E-state index in [1.165, 1.54) is 0 Å². The topological polar surface area (TPSA) is 83.8 Å². The van der Waals surface area contributed by atoms with Gasteiger partial charge in [-0.2, -0.15) is 5.10 Å². The molecule has 7 nitrogen and oxygen atoms in total. The van der Waals surface area contributed by atoms with Crippen LogP contribution in [-0.2, 0) is 18.3 Å². The largest absolute Gasteiger partial charge is 0.380 e. The lowest BCUT2D eigenvalue weighted by Crippen LogP contribution is -2.30. The molecule has 0 bridgehead atoms. The van der Waals surface area contributed by atoms with Gasteiger partial charge in [-0.05, 0) is 19.9 Å². The summed E-state index contributed by atoms with van der Waals surface area (Å²) in [7, 11) is 3.53. The molecule has 18 heavy (non-hydrogen) atoms. The van der Waals surface area contributed by atoms with Crippen LogP contribution in [0.3, 0.4) is 0 Å². The van der Waals surface area contributed by atoms with Gasteiger partial charge in [0.1, 0.15) is 5.69 Å². The molecule has 0 fully saturated rings. The average molecular weight is 250 g/mol. The second-order valence-electron chi connectivity index (χ2n) is 4.78. The van der Waals surface area contributed by atoms with Gasteiger partial charge in [-0.15, -0.1) is 5.10 Å². The minimum absolute atomic E-state index is 0.340. The highest BCUT2D eigenvalue weighted by atomic mass is 16.5. The van der Waals surface area contributed by atoms with Gasteiger partial charge in [0.05, 0.1) is 17.8 Å². The first-order valence-corrected chi connectivity index (χ1v) is 5.67. The van der Waals surface area contributed by atoms with Crippen LogP contribution in [0.5, 0.6) is 0 Å². The third-order valence-electron chi connectivity index (χ3n) is 2.91. The van der Waals surface area contributed by atoms with E-state index >= 15 is 0 Å². The minimum atomic E-state index is -0.340. The van der Waals surface area contributed by atoms with Crippen LogP contribution in [0, 0.1) is 0 Å². The van der Waals surface area contributed by atoms with Crippen LogP contribution in [0.4, 0.5) is 5.82 Å². The molecule has 7 heteroatoms. The lowest BCUT2D eigenvalue weighted by molar-refractivity contribution is 0.00538. The van der Waals surface area contributed by atoms with Crippen molar-refractivity contribution in [3.8, 4) is 11.4 Å². The Bertz CT molecular complexity index is 541. The summed E-state index contributed by atoms with van der Waals surface area (Å²) in [4.78, 5) is 0. The van der Waals surface area contributed by atoms with E-state index in [1.54, 1.807) is 22.7 Å². The van der Waals surface area contributed by atoms with E-state index in [-0.39, 0.29) is 5.60 Å². The maximum Gasteiger partial charge on any atom is 0.175 e. The molecule has 2 aromatic heterocycles.